The zero-order chi connectivity index (χ0) is 13.4. The highest BCUT2D eigenvalue weighted by atomic mass is 35.5. The Bertz CT molecular complexity index is 341. The molecule has 3 heteroatoms. The molecule has 0 saturated carbocycles. The number of hydrogen-bond donors (Lipinski definition) is 1. The van der Waals surface area contributed by atoms with Crippen LogP contribution < -0.4 is 5.32 Å². The predicted molar refractivity (Wildman–Crippen MR) is 84.8 cm³/mol. The molecule has 0 aliphatic rings. The van der Waals surface area contributed by atoms with E-state index in [0.29, 0.717) is 12.0 Å². The molecule has 1 rings (SSSR count). The summed E-state index contributed by atoms with van der Waals surface area (Å²) >= 11 is 8.16. The largest absolute Gasteiger partial charge is 0.314 e. The highest BCUT2D eigenvalue weighted by Gasteiger charge is 2.11. The van der Waals surface area contributed by atoms with Gasteiger partial charge in [0.25, 0.3) is 0 Å². The average Bonchev–Trinajstić information content (AvgIpc) is 2.35. The van der Waals surface area contributed by atoms with Gasteiger partial charge in [0, 0.05) is 11.1 Å². The average molecular weight is 286 g/mol. The van der Waals surface area contributed by atoms with Gasteiger partial charge in [0.15, 0.2) is 0 Å². The topological polar surface area (TPSA) is 12.0 Å². The van der Waals surface area contributed by atoms with Crippen LogP contribution in [0.2, 0.25) is 5.02 Å². The molecule has 0 aliphatic heterocycles. The monoisotopic (exact) mass is 285 g/mol. The molecule has 0 amide bonds. The van der Waals surface area contributed by atoms with Crippen molar-refractivity contribution in [2.45, 2.75) is 32.7 Å². The number of hydrogen-bond acceptors (Lipinski definition) is 2. The van der Waals surface area contributed by atoms with Gasteiger partial charge < -0.3 is 5.32 Å². The normalized spacial score (nSPS) is 12.9. The smallest absolute Gasteiger partial charge is 0.0438 e. The second-order valence-electron chi connectivity index (χ2n) is 5.01. The van der Waals surface area contributed by atoms with E-state index in [1.165, 1.54) is 17.7 Å². The summed E-state index contributed by atoms with van der Waals surface area (Å²) in [6.07, 6.45) is 4.48. The quantitative estimate of drug-likeness (QED) is 0.766. The number of benzene rings is 1. The third-order valence-electron chi connectivity index (χ3n) is 3.01. The summed E-state index contributed by atoms with van der Waals surface area (Å²) in [5.41, 5.74) is 1.27. The molecule has 0 aliphatic carbocycles. The third kappa shape index (κ3) is 6.12. The Labute approximate surface area is 121 Å². The first-order valence-corrected chi connectivity index (χ1v) is 8.36. The fraction of sp³-hybridized carbons (Fsp3) is 0.600. The van der Waals surface area contributed by atoms with Crippen LogP contribution in [0.4, 0.5) is 0 Å². The fourth-order valence-electron chi connectivity index (χ4n) is 1.94. The SMILES string of the molecule is CSCCC(CNC(C)C)Cc1ccccc1Cl. The van der Waals surface area contributed by atoms with E-state index < -0.39 is 0 Å². The lowest BCUT2D eigenvalue weighted by molar-refractivity contribution is 0.438. The highest BCUT2D eigenvalue weighted by molar-refractivity contribution is 7.98. The Kier molecular flexibility index (Phi) is 7.80. The molecule has 1 aromatic carbocycles. The lowest BCUT2D eigenvalue weighted by Gasteiger charge is -2.19. The third-order valence-corrected chi connectivity index (χ3v) is 4.02. The van der Waals surface area contributed by atoms with Crippen LogP contribution in [0.3, 0.4) is 0 Å². The Morgan fingerprint density at radius 1 is 1.28 bits per heavy atom. The van der Waals surface area contributed by atoms with Crippen LogP contribution in [-0.2, 0) is 6.42 Å². The summed E-state index contributed by atoms with van der Waals surface area (Å²) in [4.78, 5) is 0. The molecular formula is C15H24ClNS. The predicted octanol–water partition coefficient (Wildman–Crippen LogP) is 4.25. The van der Waals surface area contributed by atoms with Crippen LogP contribution in [0.5, 0.6) is 0 Å². The first kappa shape index (κ1) is 15.9. The molecule has 0 aromatic heterocycles. The van der Waals surface area contributed by atoms with Crippen LogP contribution in [0.25, 0.3) is 0 Å². The zero-order valence-electron chi connectivity index (χ0n) is 11.6. The standard InChI is InChI=1S/C15H24ClNS/c1-12(2)17-11-13(8-9-18-3)10-14-6-4-5-7-15(14)16/h4-7,12-13,17H,8-11H2,1-3H3. The van der Waals surface area contributed by atoms with Crippen molar-refractivity contribution in [1.29, 1.82) is 0 Å². The van der Waals surface area contributed by atoms with E-state index in [1.807, 2.05) is 23.9 Å². The van der Waals surface area contributed by atoms with Gasteiger partial charge in [-0.15, -0.1) is 0 Å². The summed E-state index contributed by atoms with van der Waals surface area (Å²) < 4.78 is 0. The van der Waals surface area contributed by atoms with Gasteiger partial charge in [-0.05, 0) is 48.9 Å². The van der Waals surface area contributed by atoms with Crippen LogP contribution in [0.1, 0.15) is 25.8 Å². The summed E-state index contributed by atoms with van der Waals surface area (Å²) in [5.74, 6) is 1.88. The zero-order valence-corrected chi connectivity index (χ0v) is 13.2. The molecule has 1 atom stereocenters. The van der Waals surface area contributed by atoms with Crippen molar-refractivity contribution < 1.29 is 0 Å². The summed E-state index contributed by atoms with van der Waals surface area (Å²) in [6, 6.07) is 8.74. The Morgan fingerprint density at radius 2 is 2.00 bits per heavy atom. The molecule has 0 radical (unpaired) electrons. The van der Waals surface area contributed by atoms with Crippen LogP contribution in [0, 0.1) is 5.92 Å². The van der Waals surface area contributed by atoms with Crippen molar-refractivity contribution in [1.82, 2.24) is 5.32 Å². The summed E-state index contributed by atoms with van der Waals surface area (Å²) in [7, 11) is 0. The van der Waals surface area contributed by atoms with Crippen molar-refractivity contribution >= 4 is 23.4 Å². The lowest BCUT2D eigenvalue weighted by Crippen LogP contribution is -2.30. The van der Waals surface area contributed by atoms with Gasteiger partial charge in [-0.25, -0.2) is 0 Å². The fourth-order valence-corrected chi connectivity index (χ4v) is 2.72. The van der Waals surface area contributed by atoms with Crippen LogP contribution in [0.15, 0.2) is 24.3 Å². The Morgan fingerprint density at radius 3 is 2.61 bits per heavy atom. The van der Waals surface area contributed by atoms with E-state index in [0.717, 1.165) is 18.0 Å². The molecule has 0 fully saturated rings. The van der Waals surface area contributed by atoms with E-state index in [9.17, 15) is 0 Å². The van der Waals surface area contributed by atoms with E-state index >= 15 is 0 Å². The van der Waals surface area contributed by atoms with E-state index in [2.05, 4.69) is 37.6 Å². The number of rotatable bonds is 8. The molecule has 1 unspecified atom stereocenters. The molecule has 1 N–H and O–H groups in total. The maximum Gasteiger partial charge on any atom is 0.0438 e. The maximum absolute atomic E-state index is 6.24. The van der Waals surface area contributed by atoms with Gasteiger partial charge in [0.2, 0.25) is 0 Å². The summed E-state index contributed by atoms with van der Waals surface area (Å²) in [6.45, 7) is 5.46. The maximum atomic E-state index is 6.24. The van der Waals surface area contributed by atoms with Crippen molar-refractivity contribution in [3.05, 3.63) is 34.9 Å². The second kappa shape index (κ2) is 8.84. The van der Waals surface area contributed by atoms with E-state index in [4.69, 9.17) is 11.6 Å². The summed E-state index contributed by atoms with van der Waals surface area (Å²) in [5, 5.41) is 4.44. The van der Waals surface area contributed by atoms with Gasteiger partial charge >= 0.3 is 0 Å². The van der Waals surface area contributed by atoms with Gasteiger partial charge in [0.1, 0.15) is 0 Å². The van der Waals surface area contributed by atoms with E-state index in [1.54, 1.807) is 0 Å². The van der Waals surface area contributed by atoms with Crippen molar-refractivity contribution in [2.24, 2.45) is 5.92 Å². The first-order chi connectivity index (χ1) is 8.63. The van der Waals surface area contributed by atoms with Crippen LogP contribution >= 0.6 is 23.4 Å². The number of halogens is 1. The van der Waals surface area contributed by atoms with Gasteiger partial charge in [-0.1, -0.05) is 43.6 Å². The van der Waals surface area contributed by atoms with Crippen molar-refractivity contribution in [3.63, 3.8) is 0 Å². The van der Waals surface area contributed by atoms with Crippen LogP contribution in [-0.4, -0.2) is 24.6 Å². The molecule has 0 spiro atoms. The second-order valence-corrected chi connectivity index (χ2v) is 6.40. The number of nitrogens with one attached hydrogen (secondary N) is 1. The molecular weight excluding hydrogens is 262 g/mol. The van der Waals surface area contributed by atoms with Gasteiger partial charge in [-0.2, -0.15) is 11.8 Å². The van der Waals surface area contributed by atoms with Gasteiger partial charge in [0.05, 0.1) is 0 Å². The molecule has 0 bridgehead atoms. The molecule has 0 saturated heterocycles. The minimum absolute atomic E-state index is 0.549. The number of thioether (sulfide) groups is 1. The molecule has 18 heavy (non-hydrogen) atoms. The Balaban J connectivity index is 2.56. The highest BCUT2D eigenvalue weighted by Crippen LogP contribution is 2.21. The minimum atomic E-state index is 0.549. The van der Waals surface area contributed by atoms with E-state index in [-0.39, 0.29) is 0 Å². The molecule has 1 aromatic rings. The van der Waals surface area contributed by atoms with Gasteiger partial charge in [-0.3, -0.25) is 0 Å². The molecule has 102 valence electrons. The minimum Gasteiger partial charge on any atom is -0.314 e. The molecule has 0 heterocycles. The molecule has 1 nitrogen and oxygen atoms in total. The van der Waals surface area contributed by atoms with Crippen molar-refractivity contribution in [3.8, 4) is 0 Å². The Hall–Kier alpha value is -0.180. The lowest BCUT2D eigenvalue weighted by atomic mass is 9.96. The first-order valence-electron chi connectivity index (χ1n) is 6.59. The van der Waals surface area contributed by atoms with Crippen molar-refractivity contribution in [2.75, 3.05) is 18.6 Å².